The summed E-state index contributed by atoms with van der Waals surface area (Å²) in [6.07, 6.45) is 4.23. The highest BCUT2D eigenvalue weighted by Crippen LogP contribution is 2.35. The summed E-state index contributed by atoms with van der Waals surface area (Å²) in [5.41, 5.74) is 1.86. The third-order valence-electron chi connectivity index (χ3n) is 6.60. The van der Waals surface area contributed by atoms with Gasteiger partial charge in [-0.25, -0.2) is 4.79 Å². The lowest BCUT2D eigenvalue weighted by Gasteiger charge is -2.27. The number of aromatic carboxylic acids is 1. The summed E-state index contributed by atoms with van der Waals surface area (Å²) in [5, 5.41) is 26.2. The molecule has 1 aliphatic rings. The lowest BCUT2D eigenvalue weighted by molar-refractivity contribution is -0.0845. The first-order valence-corrected chi connectivity index (χ1v) is 11.7. The van der Waals surface area contributed by atoms with E-state index in [9.17, 15) is 15.0 Å². The van der Waals surface area contributed by atoms with Gasteiger partial charge in [0.05, 0.1) is 39.5 Å². The molecule has 35 heavy (non-hydrogen) atoms. The SMILES string of the molecule is COc1cc(C(=O)O)c2nn(CC(OC3CCCC3)C(O)c3cc(OC)c(C)c(OC)c3)cc2c1. The number of carbonyl (C=O) groups is 1. The Bertz CT molecular complexity index is 1170. The number of carboxylic acids is 1. The van der Waals surface area contributed by atoms with Gasteiger partial charge < -0.3 is 29.2 Å². The van der Waals surface area contributed by atoms with E-state index in [2.05, 4.69) is 5.10 Å². The number of carboxylic acid groups (broad SMARTS) is 1. The number of nitrogens with zero attached hydrogens (tertiary/aromatic N) is 2. The quantitative estimate of drug-likeness (QED) is 0.442. The van der Waals surface area contributed by atoms with Crippen molar-refractivity contribution in [2.24, 2.45) is 0 Å². The van der Waals surface area contributed by atoms with Crippen LogP contribution in [0.15, 0.2) is 30.5 Å². The van der Waals surface area contributed by atoms with E-state index in [1.54, 1.807) is 43.3 Å². The third-order valence-corrected chi connectivity index (χ3v) is 6.60. The van der Waals surface area contributed by atoms with Crippen LogP contribution in [0.4, 0.5) is 0 Å². The van der Waals surface area contributed by atoms with Crippen LogP contribution in [-0.4, -0.2) is 59.5 Å². The van der Waals surface area contributed by atoms with Crippen LogP contribution in [0.5, 0.6) is 17.2 Å². The third kappa shape index (κ3) is 5.21. The minimum absolute atomic E-state index is 0.0449. The van der Waals surface area contributed by atoms with Crippen molar-refractivity contribution in [3.05, 3.63) is 47.2 Å². The smallest absolute Gasteiger partial charge is 0.338 e. The van der Waals surface area contributed by atoms with Gasteiger partial charge in [0.15, 0.2) is 0 Å². The molecule has 0 aliphatic heterocycles. The maximum Gasteiger partial charge on any atom is 0.338 e. The topological polar surface area (TPSA) is 112 Å². The molecule has 1 fully saturated rings. The first kappa shape index (κ1) is 24.8. The van der Waals surface area contributed by atoms with Gasteiger partial charge in [0, 0.05) is 17.1 Å². The molecule has 9 nitrogen and oxygen atoms in total. The zero-order chi connectivity index (χ0) is 25.1. The minimum Gasteiger partial charge on any atom is -0.497 e. The van der Waals surface area contributed by atoms with Crippen molar-refractivity contribution in [1.82, 2.24) is 9.78 Å². The second kappa shape index (κ2) is 10.5. The number of hydrogen-bond acceptors (Lipinski definition) is 7. The van der Waals surface area contributed by atoms with Crippen LogP contribution in [0.25, 0.3) is 10.9 Å². The Morgan fingerprint density at radius 1 is 1.09 bits per heavy atom. The summed E-state index contributed by atoms with van der Waals surface area (Å²) in [6.45, 7) is 2.12. The number of hydrogen-bond donors (Lipinski definition) is 2. The second-order valence-corrected chi connectivity index (χ2v) is 8.85. The van der Waals surface area contributed by atoms with E-state index in [1.807, 2.05) is 6.92 Å². The van der Waals surface area contributed by atoms with E-state index < -0.39 is 18.2 Å². The Kier molecular flexibility index (Phi) is 7.47. The largest absolute Gasteiger partial charge is 0.497 e. The summed E-state index contributed by atoms with van der Waals surface area (Å²) in [6, 6.07) is 6.78. The van der Waals surface area contributed by atoms with Crippen LogP contribution in [0.2, 0.25) is 0 Å². The fourth-order valence-corrected chi connectivity index (χ4v) is 4.70. The molecule has 1 saturated carbocycles. The predicted octanol–water partition coefficient (Wildman–Crippen LogP) is 4.13. The number of benzene rings is 2. The lowest BCUT2D eigenvalue weighted by atomic mass is 10.0. The Morgan fingerprint density at radius 2 is 1.74 bits per heavy atom. The molecule has 3 aromatic rings. The first-order chi connectivity index (χ1) is 16.8. The van der Waals surface area contributed by atoms with Crippen LogP contribution in [0.1, 0.15) is 53.3 Å². The van der Waals surface area contributed by atoms with E-state index in [1.165, 1.54) is 13.2 Å². The van der Waals surface area contributed by atoms with Gasteiger partial charge in [0.25, 0.3) is 0 Å². The molecule has 2 atom stereocenters. The summed E-state index contributed by atoms with van der Waals surface area (Å²) >= 11 is 0. The van der Waals surface area contributed by atoms with Crippen LogP contribution in [0.3, 0.4) is 0 Å². The number of methoxy groups -OCH3 is 3. The molecular weight excluding hydrogens is 452 g/mol. The molecule has 0 saturated heterocycles. The fraction of sp³-hybridized carbons (Fsp3) is 0.462. The molecule has 2 aromatic carbocycles. The first-order valence-electron chi connectivity index (χ1n) is 11.7. The Labute approximate surface area is 204 Å². The Hall–Kier alpha value is -3.30. The van der Waals surface area contributed by atoms with Crippen LogP contribution < -0.4 is 14.2 Å². The molecule has 0 spiro atoms. The van der Waals surface area contributed by atoms with Crippen molar-refractivity contribution in [2.45, 2.75) is 57.5 Å². The molecule has 188 valence electrons. The summed E-state index contributed by atoms with van der Waals surface area (Å²) in [7, 11) is 4.64. The van der Waals surface area contributed by atoms with E-state index >= 15 is 0 Å². The molecule has 9 heteroatoms. The molecule has 0 amide bonds. The molecule has 2 unspecified atom stereocenters. The number of ether oxygens (including phenoxy) is 4. The normalized spacial score (nSPS) is 15.8. The van der Waals surface area contributed by atoms with E-state index in [4.69, 9.17) is 18.9 Å². The highest BCUT2D eigenvalue weighted by Gasteiger charge is 2.29. The van der Waals surface area contributed by atoms with E-state index in [0.717, 1.165) is 31.2 Å². The van der Waals surface area contributed by atoms with Crippen LogP contribution >= 0.6 is 0 Å². The molecule has 1 heterocycles. The number of aliphatic hydroxyl groups is 1. The average Bonchev–Trinajstić information content (AvgIpc) is 3.51. The van der Waals surface area contributed by atoms with Gasteiger partial charge in [-0.1, -0.05) is 12.8 Å². The maximum absolute atomic E-state index is 11.8. The van der Waals surface area contributed by atoms with Crippen molar-refractivity contribution in [3.63, 3.8) is 0 Å². The summed E-state index contributed by atoms with van der Waals surface area (Å²) < 4.78 is 24.3. The van der Waals surface area contributed by atoms with Gasteiger partial charge in [-0.2, -0.15) is 5.10 Å². The van der Waals surface area contributed by atoms with Gasteiger partial charge in [-0.05, 0) is 49.6 Å². The predicted molar refractivity (Wildman–Crippen MR) is 130 cm³/mol. The van der Waals surface area contributed by atoms with Gasteiger partial charge in [0.1, 0.15) is 35.0 Å². The van der Waals surface area contributed by atoms with Crippen LogP contribution in [-0.2, 0) is 11.3 Å². The monoisotopic (exact) mass is 484 g/mol. The molecular formula is C26H32N2O7. The van der Waals surface area contributed by atoms with Crippen molar-refractivity contribution >= 4 is 16.9 Å². The number of rotatable bonds is 10. The number of aromatic nitrogens is 2. The zero-order valence-corrected chi connectivity index (χ0v) is 20.5. The maximum atomic E-state index is 11.8. The van der Waals surface area contributed by atoms with Crippen molar-refractivity contribution in [2.75, 3.05) is 21.3 Å². The lowest BCUT2D eigenvalue weighted by Crippen LogP contribution is -2.31. The summed E-state index contributed by atoms with van der Waals surface area (Å²) in [4.78, 5) is 11.8. The molecule has 1 aliphatic carbocycles. The molecule has 4 rings (SSSR count). The Balaban J connectivity index is 1.70. The van der Waals surface area contributed by atoms with Gasteiger partial charge in [-0.15, -0.1) is 0 Å². The van der Waals surface area contributed by atoms with Gasteiger partial charge in [-0.3, -0.25) is 4.68 Å². The molecule has 2 N–H and O–H groups in total. The average molecular weight is 485 g/mol. The van der Waals surface area contributed by atoms with Crippen molar-refractivity contribution in [1.29, 1.82) is 0 Å². The Morgan fingerprint density at radius 3 is 2.31 bits per heavy atom. The molecule has 1 aromatic heterocycles. The molecule has 0 bridgehead atoms. The summed E-state index contributed by atoms with van der Waals surface area (Å²) in [5.74, 6) is 0.575. The van der Waals surface area contributed by atoms with Crippen molar-refractivity contribution in [3.8, 4) is 17.2 Å². The number of aliphatic hydroxyl groups excluding tert-OH is 1. The standard InChI is InChI=1S/C26H32N2O7/c1-15-21(33-3)10-16(11-22(15)34-4)25(29)23(35-18-7-5-6-8-18)14-28-13-17-9-19(32-2)12-20(26(30)31)24(17)27-28/h9-13,18,23,25,29H,5-8,14H2,1-4H3,(H,30,31). The van der Waals surface area contributed by atoms with Crippen molar-refractivity contribution < 1.29 is 34.0 Å². The minimum atomic E-state index is -1.09. The highest BCUT2D eigenvalue weighted by molar-refractivity contribution is 6.02. The molecule has 0 radical (unpaired) electrons. The zero-order valence-electron chi connectivity index (χ0n) is 20.5. The fourth-order valence-electron chi connectivity index (χ4n) is 4.70. The number of fused-ring (bicyclic) bond motifs is 1. The van der Waals surface area contributed by atoms with Gasteiger partial charge in [0.2, 0.25) is 0 Å². The van der Waals surface area contributed by atoms with Crippen LogP contribution in [0, 0.1) is 6.92 Å². The van der Waals surface area contributed by atoms with E-state index in [0.29, 0.717) is 33.7 Å². The van der Waals surface area contributed by atoms with E-state index in [-0.39, 0.29) is 18.2 Å². The van der Waals surface area contributed by atoms with Gasteiger partial charge >= 0.3 is 5.97 Å². The highest BCUT2D eigenvalue weighted by atomic mass is 16.5. The second-order valence-electron chi connectivity index (χ2n) is 8.85.